The van der Waals surface area contributed by atoms with Gasteiger partial charge in [-0.3, -0.25) is 0 Å². The fourth-order valence-electron chi connectivity index (χ4n) is 5.03. The number of hydrogen-bond donors (Lipinski definition) is 0. The SMILES string of the molecule is C[S+](C)Cc1ccccc1.c1ccc([B-](c2ccccc2)(c2ccccc2)c2ccccc2)cc1. The normalized spacial score (nSPS) is 10.9. The van der Waals surface area contributed by atoms with Gasteiger partial charge in [-0.15, -0.1) is 0 Å². The lowest BCUT2D eigenvalue weighted by Crippen LogP contribution is -2.74. The van der Waals surface area contributed by atoms with E-state index >= 15 is 0 Å². The molecule has 0 aliphatic rings. The van der Waals surface area contributed by atoms with Gasteiger partial charge in [0.15, 0.2) is 0 Å². The average Bonchev–Trinajstić information content (AvgIpc) is 2.92. The molecule has 0 radical (unpaired) electrons. The molecule has 0 aliphatic carbocycles. The molecule has 0 saturated carbocycles. The van der Waals surface area contributed by atoms with Crippen molar-refractivity contribution in [2.24, 2.45) is 0 Å². The van der Waals surface area contributed by atoms with Crippen LogP contribution in [0.4, 0.5) is 0 Å². The van der Waals surface area contributed by atoms with Crippen LogP contribution in [0.2, 0.25) is 0 Å². The largest absolute Gasteiger partial charge is 0.195 e. The van der Waals surface area contributed by atoms with E-state index in [1.54, 1.807) is 0 Å². The summed E-state index contributed by atoms with van der Waals surface area (Å²) in [7, 11) is 0.533. The van der Waals surface area contributed by atoms with Crippen molar-refractivity contribution < 1.29 is 0 Å². The molecule has 0 N–H and O–H groups in total. The van der Waals surface area contributed by atoms with Crippen LogP contribution >= 0.6 is 0 Å². The van der Waals surface area contributed by atoms with Crippen LogP contribution in [0.1, 0.15) is 5.56 Å². The second-order valence-corrected chi connectivity index (χ2v) is 11.4. The number of rotatable bonds is 6. The highest BCUT2D eigenvalue weighted by molar-refractivity contribution is 7.94. The summed E-state index contributed by atoms with van der Waals surface area (Å²) in [6.07, 6.45) is 3.33. The van der Waals surface area contributed by atoms with Gasteiger partial charge in [-0.25, -0.2) is 0 Å². The van der Waals surface area contributed by atoms with Crippen molar-refractivity contribution in [3.8, 4) is 0 Å². The van der Waals surface area contributed by atoms with E-state index in [1.807, 2.05) is 0 Å². The molecule has 0 spiro atoms. The first-order valence-electron chi connectivity index (χ1n) is 12.2. The molecule has 5 rings (SSSR count). The quantitative estimate of drug-likeness (QED) is 0.238. The minimum Gasteiger partial charge on any atom is -0.195 e. The first-order valence-corrected chi connectivity index (χ1v) is 14.4. The van der Waals surface area contributed by atoms with Crippen LogP contribution in [0.3, 0.4) is 0 Å². The molecule has 35 heavy (non-hydrogen) atoms. The predicted octanol–water partition coefficient (Wildman–Crippen LogP) is 5.13. The Morgan fingerprint density at radius 3 is 0.914 bits per heavy atom. The van der Waals surface area contributed by atoms with Gasteiger partial charge < -0.3 is 0 Å². The van der Waals surface area contributed by atoms with Crippen molar-refractivity contribution in [3.63, 3.8) is 0 Å². The lowest BCUT2D eigenvalue weighted by Gasteiger charge is -2.44. The maximum absolute atomic E-state index is 2.27. The molecule has 2 heteroatoms. The molecule has 174 valence electrons. The molecule has 5 aromatic rings. The Morgan fingerprint density at radius 2 is 0.657 bits per heavy atom. The summed E-state index contributed by atoms with van der Waals surface area (Å²) in [6, 6.07) is 54.2. The summed E-state index contributed by atoms with van der Waals surface area (Å²) < 4.78 is 0. The molecule has 0 bridgehead atoms. The van der Waals surface area contributed by atoms with Crippen molar-refractivity contribution in [3.05, 3.63) is 157 Å². The summed E-state index contributed by atoms with van der Waals surface area (Å²) >= 11 is 0. The first kappa shape index (κ1) is 24.6. The highest BCUT2D eigenvalue weighted by atomic mass is 32.2. The van der Waals surface area contributed by atoms with E-state index in [9.17, 15) is 0 Å². The molecule has 0 heterocycles. The highest BCUT2D eigenvalue weighted by Crippen LogP contribution is 2.09. The third-order valence-corrected chi connectivity index (χ3v) is 7.41. The second kappa shape index (κ2) is 12.3. The fourth-order valence-corrected chi connectivity index (χ4v) is 5.89. The van der Waals surface area contributed by atoms with Crippen molar-refractivity contribution in [1.29, 1.82) is 0 Å². The van der Waals surface area contributed by atoms with E-state index in [2.05, 4.69) is 164 Å². The zero-order valence-electron chi connectivity index (χ0n) is 20.6. The fraction of sp³-hybridized carbons (Fsp3) is 0.0909. The van der Waals surface area contributed by atoms with Gasteiger partial charge in [0.2, 0.25) is 0 Å². The van der Waals surface area contributed by atoms with Gasteiger partial charge in [-0.1, -0.05) is 152 Å². The maximum Gasteiger partial charge on any atom is 0.132 e. The third-order valence-electron chi connectivity index (χ3n) is 6.50. The monoisotopic (exact) mass is 472 g/mol. The molecule has 0 saturated heterocycles. The molecular formula is C33H33BS. The lowest BCUT2D eigenvalue weighted by atomic mass is 9.13. The van der Waals surface area contributed by atoms with E-state index in [1.165, 1.54) is 33.2 Å². The Balaban J connectivity index is 0.000000243. The van der Waals surface area contributed by atoms with Crippen LogP contribution in [0.25, 0.3) is 0 Å². The van der Waals surface area contributed by atoms with Gasteiger partial charge in [0.25, 0.3) is 0 Å². The van der Waals surface area contributed by atoms with Gasteiger partial charge in [-0.2, -0.15) is 21.9 Å². The van der Waals surface area contributed by atoms with Crippen LogP contribution in [-0.4, -0.2) is 18.7 Å². The summed E-state index contributed by atoms with van der Waals surface area (Å²) in [5.74, 6) is 1.22. The summed E-state index contributed by atoms with van der Waals surface area (Å²) in [5, 5.41) is 0. The maximum atomic E-state index is 2.27. The molecule has 0 atom stereocenters. The Kier molecular flexibility index (Phi) is 8.65. The molecule has 0 amide bonds. The number of benzene rings is 5. The topological polar surface area (TPSA) is 0 Å². The van der Waals surface area contributed by atoms with Crippen LogP contribution in [0, 0.1) is 0 Å². The lowest BCUT2D eigenvalue weighted by molar-refractivity contribution is 1.41. The van der Waals surface area contributed by atoms with Crippen LogP contribution < -0.4 is 21.9 Å². The molecule has 0 unspecified atom stereocenters. The Hall–Kier alpha value is -3.49. The van der Waals surface area contributed by atoms with Gasteiger partial charge in [0.1, 0.15) is 11.9 Å². The standard InChI is InChI=1S/C24H20B.C9H13S/c1-5-13-21(14-6-1)25(22-15-7-2-8-16-22,23-17-9-3-10-18-23)24-19-11-4-12-20-24;1-10(2)8-9-6-4-3-5-7-9/h1-20H;3-7H,8H2,1-2H3/q-1;+1. The van der Waals surface area contributed by atoms with Crippen molar-refractivity contribution in [2.75, 3.05) is 12.5 Å². The van der Waals surface area contributed by atoms with Crippen LogP contribution in [0.15, 0.2) is 152 Å². The molecule has 0 aliphatic heterocycles. The van der Waals surface area contributed by atoms with Crippen molar-refractivity contribution >= 4 is 38.9 Å². The number of hydrogen-bond acceptors (Lipinski definition) is 0. The third kappa shape index (κ3) is 5.96. The van der Waals surface area contributed by atoms with E-state index in [-0.39, 0.29) is 0 Å². The summed E-state index contributed by atoms with van der Waals surface area (Å²) in [4.78, 5) is 0. The molecule has 0 fully saturated rings. The molecule has 5 aromatic carbocycles. The molecular weight excluding hydrogens is 439 g/mol. The van der Waals surface area contributed by atoms with Crippen LogP contribution in [0.5, 0.6) is 0 Å². The van der Waals surface area contributed by atoms with Gasteiger partial charge >= 0.3 is 0 Å². The van der Waals surface area contributed by atoms with E-state index < -0.39 is 6.15 Å². The molecule has 0 aromatic heterocycles. The summed E-state index contributed by atoms with van der Waals surface area (Å²) in [6.45, 7) is 0. The Labute approximate surface area is 214 Å². The molecule has 0 nitrogen and oxygen atoms in total. The highest BCUT2D eigenvalue weighted by Gasteiger charge is 2.30. The Bertz CT molecular complexity index is 1090. The zero-order valence-corrected chi connectivity index (χ0v) is 21.4. The van der Waals surface area contributed by atoms with Crippen LogP contribution in [-0.2, 0) is 16.6 Å². The minimum absolute atomic E-state index is 0.533. The summed E-state index contributed by atoms with van der Waals surface area (Å²) in [5.41, 5.74) is 6.81. The van der Waals surface area contributed by atoms with Gasteiger partial charge in [0, 0.05) is 5.56 Å². The van der Waals surface area contributed by atoms with E-state index in [4.69, 9.17) is 0 Å². The average molecular weight is 473 g/mol. The second-order valence-electron chi connectivity index (χ2n) is 9.12. The van der Waals surface area contributed by atoms with Gasteiger partial charge in [-0.05, 0) is 10.9 Å². The van der Waals surface area contributed by atoms with E-state index in [0.717, 1.165) is 0 Å². The first-order chi connectivity index (χ1) is 17.2. The smallest absolute Gasteiger partial charge is 0.132 e. The van der Waals surface area contributed by atoms with Crippen molar-refractivity contribution in [1.82, 2.24) is 0 Å². The predicted molar refractivity (Wildman–Crippen MR) is 159 cm³/mol. The van der Waals surface area contributed by atoms with E-state index in [0.29, 0.717) is 10.9 Å². The van der Waals surface area contributed by atoms with Crippen molar-refractivity contribution in [2.45, 2.75) is 5.75 Å². The Morgan fingerprint density at radius 1 is 0.400 bits per heavy atom. The van der Waals surface area contributed by atoms with Gasteiger partial charge in [0.05, 0.1) is 12.5 Å². The minimum atomic E-state index is -1.22. The zero-order chi connectivity index (χ0) is 24.3.